The van der Waals surface area contributed by atoms with Crippen LogP contribution in [0.5, 0.6) is 11.5 Å². The van der Waals surface area contributed by atoms with Crippen LogP contribution in [0.25, 0.3) is 10.8 Å². The lowest BCUT2D eigenvalue weighted by Crippen LogP contribution is -2.35. The second-order valence-corrected chi connectivity index (χ2v) is 6.87. The van der Waals surface area contributed by atoms with Crippen molar-refractivity contribution in [3.8, 4) is 11.5 Å². The van der Waals surface area contributed by atoms with Crippen LogP contribution in [0.4, 0.5) is 5.82 Å². The fourth-order valence-corrected chi connectivity index (χ4v) is 2.75. The summed E-state index contributed by atoms with van der Waals surface area (Å²) >= 11 is 3.54. The standard InChI is InChI=1S/C16H19BrN2O3/c1-16(2,9-20)19-15-11-7-14-13(21-4-3-5-22-14)6-10(11)12(17)8-18-15/h6-8,20H,3-5,9H2,1-2H3,(H,18,19). The van der Waals surface area contributed by atoms with Crippen LogP contribution < -0.4 is 14.8 Å². The van der Waals surface area contributed by atoms with E-state index in [9.17, 15) is 5.11 Å². The number of anilines is 1. The van der Waals surface area contributed by atoms with Gasteiger partial charge in [-0.3, -0.25) is 0 Å². The Kier molecular flexibility index (Phi) is 4.14. The zero-order valence-corrected chi connectivity index (χ0v) is 14.2. The van der Waals surface area contributed by atoms with Crippen LogP contribution in [0.2, 0.25) is 0 Å². The summed E-state index contributed by atoms with van der Waals surface area (Å²) in [6, 6.07) is 3.92. The molecule has 0 fully saturated rings. The lowest BCUT2D eigenvalue weighted by atomic mass is 10.1. The third-order valence-electron chi connectivity index (χ3n) is 3.56. The number of nitrogens with zero attached hydrogens (tertiary/aromatic N) is 1. The van der Waals surface area contributed by atoms with E-state index < -0.39 is 5.54 Å². The molecule has 5 nitrogen and oxygen atoms in total. The minimum atomic E-state index is -0.460. The summed E-state index contributed by atoms with van der Waals surface area (Å²) in [6.45, 7) is 5.16. The van der Waals surface area contributed by atoms with E-state index in [0.29, 0.717) is 19.0 Å². The molecule has 0 radical (unpaired) electrons. The Balaban J connectivity index is 2.14. The summed E-state index contributed by atoms with van der Waals surface area (Å²) in [4.78, 5) is 4.45. The van der Waals surface area contributed by atoms with Gasteiger partial charge in [0.25, 0.3) is 0 Å². The van der Waals surface area contributed by atoms with Gasteiger partial charge in [0.05, 0.1) is 25.4 Å². The fraction of sp³-hybridized carbons (Fsp3) is 0.438. The summed E-state index contributed by atoms with van der Waals surface area (Å²) in [7, 11) is 0. The molecule has 2 N–H and O–H groups in total. The number of pyridine rings is 1. The summed E-state index contributed by atoms with van der Waals surface area (Å²) in [6.07, 6.45) is 2.62. The number of aliphatic hydroxyl groups excluding tert-OH is 1. The lowest BCUT2D eigenvalue weighted by Gasteiger charge is -2.25. The molecule has 1 aliphatic heterocycles. The number of hydrogen-bond acceptors (Lipinski definition) is 5. The van der Waals surface area contributed by atoms with Crippen molar-refractivity contribution < 1.29 is 14.6 Å². The van der Waals surface area contributed by atoms with Crippen molar-refractivity contribution in [3.63, 3.8) is 0 Å². The maximum atomic E-state index is 9.47. The zero-order chi connectivity index (χ0) is 15.7. The van der Waals surface area contributed by atoms with Crippen molar-refractivity contribution in [1.29, 1.82) is 0 Å². The molecule has 1 aromatic heterocycles. The first kappa shape index (κ1) is 15.4. The van der Waals surface area contributed by atoms with Crippen molar-refractivity contribution in [2.45, 2.75) is 25.8 Å². The summed E-state index contributed by atoms with van der Waals surface area (Å²) in [5, 5.41) is 14.7. The summed E-state index contributed by atoms with van der Waals surface area (Å²) in [5.41, 5.74) is -0.460. The van der Waals surface area contributed by atoms with Gasteiger partial charge in [0.2, 0.25) is 0 Å². The molecule has 0 aliphatic carbocycles. The van der Waals surface area contributed by atoms with Crippen molar-refractivity contribution in [1.82, 2.24) is 4.98 Å². The fourth-order valence-electron chi connectivity index (χ4n) is 2.32. The second-order valence-electron chi connectivity index (χ2n) is 6.02. The number of aliphatic hydroxyl groups is 1. The SMILES string of the molecule is CC(C)(CO)Nc1ncc(Br)c2cc3c(cc12)OCCCO3. The first-order valence-corrected chi connectivity index (χ1v) is 8.06. The Bertz CT molecular complexity index is 703. The minimum absolute atomic E-state index is 0.0107. The molecule has 2 aromatic rings. The van der Waals surface area contributed by atoms with Crippen molar-refractivity contribution in [2.24, 2.45) is 0 Å². The van der Waals surface area contributed by atoms with E-state index >= 15 is 0 Å². The van der Waals surface area contributed by atoms with Gasteiger partial charge in [0.1, 0.15) is 5.82 Å². The highest BCUT2D eigenvalue weighted by atomic mass is 79.9. The number of aromatic nitrogens is 1. The molecule has 22 heavy (non-hydrogen) atoms. The average molecular weight is 367 g/mol. The highest BCUT2D eigenvalue weighted by molar-refractivity contribution is 9.10. The number of fused-ring (bicyclic) bond motifs is 2. The first-order chi connectivity index (χ1) is 10.5. The van der Waals surface area contributed by atoms with Gasteiger partial charge in [-0.15, -0.1) is 0 Å². The predicted octanol–water partition coefficient (Wildman–Crippen LogP) is 3.34. The molecule has 0 saturated heterocycles. The summed E-state index contributed by atoms with van der Waals surface area (Å²) in [5.74, 6) is 2.20. The molecule has 2 heterocycles. The van der Waals surface area contributed by atoms with Crippen LogP contribution in [-0.4, -0.2) is 35.5 Å². The van der Waals surface area contributed by atoms with E-state index in [4.69, 9.17) is 9.47 Å². The maximum Gasteiger partial charge on any atom is 0.161 e. The first-order valence-electron chi connectivity index (χ1n) is 7.27. The molecule has 1 aliphatic rings. The zero-order valence-electron chi connectivity index (χ0n) is 12.6. The van der Waals surface area contributed by atoms with Gasteiger partial charge in [0, 0.05) is 27.9 Å². The van der Waals surface area contributed by atoms with Gasteiger partial charge in [-0.1, -0.05) is 0 Å². The topological polar surface area (TPSA) is 63.6 Å². The van der Waals surface area contributed by atoms with Crippen molar-refractivity contribution in [2.75, 3.05) is 25.1 Å². The molecule has 118 valence electrons. The number of halogens is 1. The van der Waals surface area contributed by atoms with Gasteiger partial charge in [-0.05, 0) is 41.9 Å². The van der Waals surface area contributed by atoms with Gasteiger partial charge in [0.15, 0.2) is 11.5 Å². The third-order valence-corrected chi connectivity index (χ3v) is 4.19. The quantitative estimate of drug-likeness (QED) is 0.871. The van der Waals surface area contributed by atoms with Crippen LogP contribution in [0.1, 0.15) is 20.3 Å². The Morgan fingerprint density at radius 1 is 1.23 bits per heavy atom. The molecule has 0 amide bonds. The molecule has 0 bridgehead atoms. The normalized spacial score (nSPS) is 14.7. The molecule has 1 aromatic carbocycles. The lowest BCUT2D eigenvalue weighted by molar-refractivity contribution is 0.234. The maximum absolute atomic E-state index is 9.47. The smallest absolute Gasteiger partial charge is 0.161 e. The van der Waals surface area contributed by atoms with Crippen LogP contribution in [0, 0.1) is 0 Å². The van der Waals surface area contributed by atoms with E-state index in [1.165, 1.54) is 0 Å². The van der Waals surface area contributed by atoms with Crippen LogP contribution in [0.15, 0.2) is 22.8 Å². The number of ether oxygens (including phenoxy) is 2. The molecular weight excluding hydrogens is 348 g/mol. The predicted molar refractivity (Wildman–Crippen MR) is 89.8 cm³/mol. The van der Waals surface area contributed by atoms with E-state index in [2.05, 4.69) is 26.2 Å². The van der Waals surface area contributed by atoms with Crippen LogP contribution in [0.3, 0.4) is 0 Å². The van der Waals surface area contributed by atoms with Crippen molar-refractivity contribution >= 4 is 32.5 Å². The monoisotopic (exact) mass is 366 g/mol. The van der Waals surface area contributed by atoms with Crippen LogP contribution in [-0.2, 0) is 0 Å². The largest absolute Gasteiger partial charge is 0.490 e. The second kappa shape index (κ2) is 5.93. The molecule has 0 spiro atoms. The van der Waals surface area contributed by atoms with Crippen LogP contribution >= 0.6 is 15.9 Å². The third kappa shape index (κ3) is 2.98. The Labute approximate surface area is 137 Å². The van der Waals surface area contributed by atoms with Crippen molar-refractivity contribution in [3.05, 3.63) is 22.8 Å². The van der Waals surface area contributed by atoms with E-state index in [1.807, 2.05) is 26.0 Å². The minimum Gasteiger partial charge on any atom is -0.490 e. The molecule has 0 unspecified atom stereocenters. The number of nitrogens with one attached hydrogen (secondary N) is 1. The average Bonchev–Trinajstić information content (AvgIpc) is 2.73. The highest BCUT2D eigenvalue weighted by Crippen LogP contribution is 2.39. The number of rotatable bonds is 3. The van der Waals surface area contributed by atoms with Gasteiger partial charge in [-0.25, -0.2) is 4.98 Å². The van der Waals surface area contributed by atoms with Gasteiger partial charge < -0.3 is 19.9 Å². The molecule has 6 heteroatoms. The van der Waals surface area contributed by atoms with E-state index in [0.717, 1.165) is 33.2 Å². The molecule has 0 atom stereocenters. The number of benzene rings is 1. The molecule has 0 saturated carbocycles. The Morgan fingerprint density at radius 2 is 1.86 bits per heavy atom. The molecule has 3 rings (SSSR count). The van der Waals surface area contributed by atoms with E-state index in [1.54, 1.807) is 6.20 Å². The Morgan fingerprint density at radius 3 is 2.50 bits per heavy atom. The van der Waals surface area contributed by atoms with E-state index in [-0.39, 0.29) is 6.61 Å². The number of hydrogen-bond donors (Lipinski definition) is 2. The molecular formula is C16H19BrN2O3. The highest BCUT2D eigenvalue weighted by Gasteiger charge is 2.20. The van der Waals surface area contributed by atoms with Gasteiger partial charge in [-0.2, -0.15) is 0 Å². The Hall–Kier alpha value is -1.53. The summed E-state index contributed by atoms with van der Waals surface area (Å²) < 4.78 is 12.4. The van der Waals surface area contributed by atoms with Gasteiger partial charge >= 0.3 is 0 Å².